The molecule has 100 valence electrons. The van der Waals surface area contributed by atoms with E-state index in [9.17, 15) is 4.79 Å². The lowest BCUT2D eigenvalue weighted by Gasteiger charge is -2.37. The monoisotopic (exact) mass is 242 g/mol. The van der Waals surface area contributed by atoms with E-state index in [2.05, 4.69) is 22.6 Å². The molecule has 1 saturated heterocycles. The zero-order valence-corrected chi connectivity index (χ0v) is 11.0. The second-order valence-corrected chi connectivity index (χ2v) is 4.87. The smallest absolute Gasteiger partial charge is 0.251 e. The van der Waals surface area contributed by atoms with Crippen LogP contribution in [-0.2, 0) is 4.79 Å². The van der Waals surface area contributed by atoms with E-state index in [1.54, 1.807) is 0 Å². The number of likely N-dealkylation sites (tertiary alicyclic amines) is 1. The highest BCUT2D eigenvalue weighted by atomic mass is 16.2. The number of amides is 1. The summed E-state index contributed by atoms with van der Waals surface area (Å²) < 4.78 is 0. The normalized spacial score (nSPS) is 23.4. The number of nitrogens with zero attached hydrogens (tertiary/aromatic N) is 1. The van der Waals surface area contributed by atoms with Crippen LogP contribution in [0.1, 0.15) is 32.6 Å². The number of piperidine rings is 1. The topological polar surface area (TPSA) is 70.4 Å². The van der Waals surface area contributed by atoms with Gasteiger partial charge in [-0.3, -0.25) is 15.1 Å². The van der Waals surface area contributed by atoms with Crippen LogP contribution in [0.5, 0.6) is 0 Å². The van der Waals surface area contributed by atoms with Gasteiger partial charge in [0.2, 0.25) is 0 Å². The van der Waals surface area contributed by atoms with Gasteiger partial charge in [-0.15, -0.1) is 0 Å². The van der Waals surface area contributed by atoms with Gasteiger partial charge < -0.3 is 5.32 Å². The van der Waals surface area contributed by atoms with Gasteiger partial charge in [0.1, 0.15) is 0 Å². The first-order valence-corrected chi connectivity index (χ1v) is 6.62. The van der Waals surface area contributed by atoms with Crippen LogP contribution >= 0.6 is 0 Å². The van der Waals surface area contributed by atoms with E-state index in [4.69, 9.17) is 5.84 Å². The lowest BCUT2D eigenvalue weighted by molar-refractivity contribution is -0.127. The molecule has 17 heavy (non-hydrogen) atoms. The van der Waals surface area contributed by atoms with Crippen molar-refractivity contribution in [3.63, 3.8) is 0 Å². The van der Waals surface area contributed by atoms with E-state index in [1.807, 2.05) is 7.05 Å². The Balaban J connectivity index is 2.56. The average Bonchev–Trinajstić information content (AvgIpc) is 2.36. The number of hydrogen-bond acceptors (Lipinski definition) is 4. The molecule has 0 aromatic heterocycles. The van der Waals surface area contributed by atoms with Crippen LogP contribution in [0.15, 0.2) is 0 Å². The predicted molar refractivity (Wildman–Crippen MR) is 69.2 cm³/mol. The summed E-state index contributed by atoms with van der Waals surface area (Å²) in [5.41, 5.74) is 2.30. The van der Waals surface area contributed by atoms with Crippen molar-refractivity contribution in [1.29, 1.82) is 0 Å². The standard InChI is InChI=1S/C12H26N4O/c1-3-5-11(12(17)15-13)16-7-4-6-10(9-16)8-14-2/h10-11,14H,3-9,13H2,1-2H3,(H,15,17). The van der Waals surface area contributed by atoms with Crippen molar-refractivity contribution in [2.24, 2.45) is 11.8 Å². The minimum atomic E-state index is -0.0512. The van der Waals surface area contributed by atoms with Gasteiger partial charge in [-0.2, -0.15) is 0 Å². The first kappa shape index (κ1) is 14.4. The van der Waals surface area contributed by atoms with Crippen molar-refractivity contribution in [2.45, 2.75) is 38.6 Å². The summed E-state index contributed by atoms with van der Waals surface area (Å²) in [4.78, 5) is 14.1. The largest absolute Gasteiger partial charge is 0.319 e. The highest BCUT2D eigenvalue weighted by Crippen LogP contribution is 2.20. The molecule has 0 aromatic rings. The Morgan fingerprint density at radius 2 is 2.35 bits per heavy atom. The Kier molecular flexibility index (Phi) is 6.47. The van der Waals surface area contributed by atoms with Crippen molar-refractivity contribution in [1.82, 2.24) is 15.6 Å². The maximum atomic E-state index is 11.8. The summed E-state index contributed by atoms with van der Waals surface area (Å²) in [6, 6.07) is -0.0512. The Labute approximate surface area is 104 Å². The lowest BCUT2D eigenvalue weighted by Crippen LogP contribution is -2.52. The predicted octanol–water partition coefficient (Wildman–Crippen LogP) is 0.0764. The highest BCUT2D eigenvalue weighted by molar-refractivity contribution is 5.81. The van der Waals surface area contributed by atoms with E-state index in [0.717, 1.165) is 32.5 Å². The maximum absolute atomic E-state index is 11.8. The molecule has 0 spiro atoms. The second-order valence-electron chi connectivity index (χ2n) is 4.87. The molecule has 5 heteroatoms. The summed E-state index contributed by atoms with van der Waals surface area (Å²) in [5, 5.41) is 3.22. The molecule has 0 saturated carbocycles. The summed E-state index contributed by atoms with van der Waals surface area (Å²) >= 11 is 0. The van der Waals surface area contributed by atoms with Crippen LogP contribution < -0.4 is 16.6 Å². The molecule has 5 nitrogen and oxygen atoms in total. The maximum Gasteiger partial charge on any atom is 0.251 e. The minimum absolute atomic E-state index is 0.0445. The van der Waals surface area contributed by atoms with Crippen LogP contribution in [0.3, 0.4) is 0 Å². The van der Waals surface area contributed by atoms with E-state index < -0.39 is 0 Å². The molecular weight excluding hydrogens is 216 g/mol. The van der Waals surface area contributed by atoms with Crippen molar-refractivity contribution in [3.8, 4) is 0 Å². The summed E-state index contributed by atoms with van der Waals surface area (Å²) in [6.45, 7) is 5.14. The molecule has 0 aliphatic carbocycles. The van der Waals surface area contributed by atoms with Crippen molar-refractivity contribution >= 4 is 5.91 Å². The van der Waals surface area contributed by atoms with Crippen molar-refractivity contribution in [3.05, 3.63) is 0 Å². The summed E-state index contributed by atoms with van der Waals surface area (Å²) in [5.74, 6) is 5.87. The number of nitrogens with two attached hydrogens (primary N) is 1. The van der Waals surface area contributed by atoms with Crippen molar-refractivity contribution < 1.29 is 4.79 Å². The lowest BCUT2D eigenvalue weighted by atomic mass is 9.95. The van der Waals surface area contributed by atoms with Crippen LogP contribution in [0, 0.1) is 5.92 Å². The molecule has 1 heterocycles. The molecule has 0 bridgehead atoms. The molecule has 0 radical (unpaired) electrons. The van der Waals surface area contributed by atoms with Gasteiger partial charge >= 0.3 is 0 Å². The third-order valence-corrected chi connectivity index (χ3v) is 3.49. The number of nitrogens with one attached hydrogen (secondary N) is 2. The van der Waals surface area contributed by atoms with Gasteiger partial charge in [0, 0.05) is 6.54 Å². The fourth-order valence-corrected chi connectivity index (χ4v) is 2.68. The van der Waals surface area contributed by atoms with Crippen LogP contribution in [0.2, 0.25) is 0 Å². The van der Waals surface area contributed by atoms with Gasteiger partial charge in [-0.25, -0.2) is 5.84 Å². The third-order valence-electron chi connectivity index (χ3n) is 3.49. The van der Waals surface area contributed by atoms with Gasteiger partial charge in [0.25, 0.3) is 5.91 Å². The first-order valence-electron chi connectivity index (χ1n) is 6.62. The quantitative estimate of drug-likeness (QED) is 0.350. The van der Waals surface area contributed by atoms with Crippen molar-refractivity contribution in [2.75, 3.05) is 26.7 Å². The molecule has 1 rings (SSSR count). The number of carbonyl (C=O) groups is 1. The number of rotatable bonds is 6. The molecule has 2 atom stereocenters. The molecule has 1 fully saturated rings. The van der Waals surface area contributed by atoms with Gasteiger partial charge in [0.05, 0.1) is 6.04 Å². The fourth-order valence-electron chi connectivity index (χ4n) is 2.68. The SMILES string of the molecule is CCCC(C(=O)NN)N1CCCC(CNC)C1. The summed E-state index contributed by atoms with van der Waals surface area (Å²) in [7, 11) is 1.98. The fraction of sp³-hybridized carbons (Fsp3) is 0.917. The molecule has 2 unspecified atom stereocenters. The molecular formula is C12H26N4O. The Morgan fingerprint density at radius 3 is 2.94 bits per heavy atom. The average molecular weight is 242 g/mol. The second kappa shape index (κ2) is 7.63. The molecule has 1 aliphatic rings. The Morgan fingerprint density at radius 1 is 1.59 bits per heavy atom. The van der Waals surface area contributed by atoms with E-state index in [0.29, 0.717) is 5.92 Å². The third kappa shape index (κ3) is 4.26. The Hall–Kier alpha value is -0.650. The molecule has 4 N–H and O–H groups in total. The van der Waals surface area contributed by atoms with Gasteiger partial charge in [0.15, 0.2) is 0 Å². The molecule has 1 amide bonds. The van der Waals surface area contributed by atoms with E-state index >= 15 is 0 Å². The highest BCUT2D eigenvalue weighted by Gasteiger charge is 2.29. The molecule has 0 aromatic carbocycles. The first-order chi connectivity index (χ1) is 8.22. The zero-order chi connectivity index (χ0) is 12.7. The van der Waals surface area contributed by atoms with Gasteiger partial charge in [-0.1, -0.05) is 13.3 Å². The molecule has 1 aliphatic heterocycles. The summed E-state index contributed by atoms with van der Waals surface area (Å²) in [6.07, 6.45) is 4.31. The van der Waals surface area contributed by atoms with Crippen LogP contribution in [-0.4, -0.2) is 43.5 Å². The number of hydrogen-bond donors (Lipinski definition) is 3. The number of carbonyl (C=O) groups excluding carboxylic acids is 1. The zero-order valence-electron chi connectivity index (χ0n) is 11.0. The Bertz CT molecular complexity index is 233. The van der Waals surface area contributed by atoms with Crippen LogP contribution in [0.25, 0.3) is 0 Å². The number of hydrazine groups is 1. The van der Waals surface area contributed by atoms with Crippen LogP contribution in [0.4, 0.5) is 0 Å². The van der Waals surface area contributed by atoms with Gasteiger partial charge in [-0.05, 0) is 45.3 Å². The van der Waals surface area contributed by atoms with E-state index in [-0.39, 0.29) is 11.9 Å². The van der Waals surface area contributed by atoms with E-state index in [1.165, 1.54) is 12.8 Å². The minimum Gasteiger partial charge on any atom is -0.319 e.